The van der Waals surface area contributed by atoms with Crippen LogP contribution in [0.15, 0.2) is 42.6 Å². The van der Waals surface area contributed by atoms with E-state index in [1.54, 1.807) is 12.3 Å². The van der Waals surface area contributed by atoms with E-state index in [-0.39, 0.29) is 5.69 Å². The molecule has 0 aliphatic heterocycles. The summed E-state index contributed by atoms with van der Waals surface area (Å²) in [6.45, 7) is 2.18. The number of carboxylic acids is 1. The first kappa shape index (κ1) is 13.3. The van der Waals surface area contributed by atoms with E-state index in [4.69, 9.17) is 5.11 Å². The third-order valence-electron chi connectivity index (χ3n) is 3.09. The molecular weight excluding hydrogens is 238 g/mol. The molecular formula is C16H17NO2. The largest absolute Gasteiger partial charge is 0.477 e. The van der Waals surface area contributed by atoms with Gasteiger partial charge in [0.05, 0.1) is 0 Å². The summed E-state index contributed by atoms with van der Waals surface area (Å²) < 4.78 is 0. The van der Waals surface area contributed by atoms with Gasteiger partial charge in [-0.25, -0.2) is 9.78 Å². The third-order valence-corrected chi connectivity index (χ3v) is 3.09. The predicted molar refractivity (Wildman–Crippen MR) is 75.2 cm³/mol. The lowest BCUT2D eigenvalue weighted by molar-refractivity contribution is 0.0690. The Morgan fingerprint density at radius 1 is 1.11 bits per heavy atom. The van der Waals surface area contributed by atoms with Crippen LogP contribution in [0.5, 0.6) is 0 Å². The second kappa shape index (κ2) is 6.14. The lowest BCUT2D eigenvalue weighted by Gasteiger charge is -2.04. The first-order chi connectivity index (χ1) is 9.20. The maximum Gasteiger partial charge on any atom is 0.354 e. The third kappa shape index (κ3) is 3.41. The van der Waals surface area contributed by atoms with Crippen molar-refractivity contribution in [2.75, 3.05) is 0 Å². The van der Waals surface area contributed by atoms with Crippen LogP contribution in [0, 0.1) is 0 Å². The summed E-state index contributed by atoms with van der Waals surface area (Å²) in [4.78, 5) is 14.7. The Bertz CT molecular complexity index is 544. The van der Waals surface area contributed by atoms with Gasteiger partial charge >= 0.3 is 5.97 Å². The Morgan fingerprint density at radius 2 is 1.79 bits per heavy atom. The number of nitrogens with zero attached hydrogens (tertiary/aromatic N) is 1. The molecule has 1 aromatic carbocycles. The van der Waals surface area contributed by atoms with Crippen molar-refractivity contribution in [3.05, 3.63) is 53.9 Å². The molecule has 3 heteroatoms. The number of pyridine rings is 1. The molecule has 3 nitrogen and oxygen atoms in total. The molecule has 0 amide bonds. The number of hydrogen-bond donors (Lipinski definition) is 1. The standard InChI is InChI=1S/C16H17NO2/c1-2-3-4-12-5-7-13(8-6-12)14-9-10-15(16(18)19)17-11-14/h5-11H,2-4H2,1H3,(H,18,19). The molecule has 0 spiro atoms. The number of rotatable bonds is 5. The molecule has 0 saturated heterocycles. The van der Waals surface area contributed by atoms with Crippen LogP contribution >= 0.6 is 0 Å². The van der Waals surface area contributed by atoms with Crippen LogP contribution in [0.4, 0.5) is 0 Å². The second-order valence-electron chi connectivity index (χ2n) is 4.54. The number of aryl methyl sites for hydroxylation is 1. The van der Waals surface area contributed by atoms with Gasteiger partial charge in [-0.1, -0.05) is 43.7 Å². The summed E-state index contributed by atoms with van der Waals surface area (Å²) in [5, 5.41) is 8.80. The van der Waals surface area contributed by atoms with E-state index in [0.717, 1.165) is 17.5 Å². The maximum atomic E-state index is 10.7. The number of carbonyl (C=O) groups is 1. The SMILES string of the molecule is CCCCc1ccc(-c2ccc(C(=O)O)nc2)cc1. The van der Waals surface area contributed by atoms with E-state index in [1.165, 1.54) is 24.5 Å². The highest BCUT2D eigenvalue weighted by molar-refractivity contribution is 5.85. The van der Waals surface area contributed by atoms with Gasteiger partial charge in [-0.3, -0.25) is 0 Å². The van der Waals surface area contributed by atoms with Gasteiger partial charge in [0, 0.05) is 11.8 Å². The molecule has 2 aromatic rings. The normalized spacial score (nSPS) is 10.4. The highest BCUT2D eigenvalue weighted by Gasteiger charge is 2.04. The highest BCUT2D eigenvalue weighted by Crippen LogP contribution is 2.19. The quantitative estimate of drug-likeness (QED) is 0.884. The van der Waals surface area contributed by atoms with Crippen LogP contribution in [0.3, 0.4) is 0 Å². The van der Waals surface area contributed by atoms with E-state index < -0.39 is 5.97 Å². The van der Waals surface area contributed by atoms with Crippen molar-refractivity contribution in [2.45, 2.75) is 26.2 Å². The van der Waals surface area contributed by atoms with E-state index in [1.807, 2.05) is 0 Å². The van der Waals surface area contributed by atoms with Crippen molar-refractivity contribution in [3.8, 4) is 11.1 Å². The molecule has 0 bridgehead atoms. The van der Waals surface area contributed by atoms with Crippen molar-refractivity contribution in [3.63, 3.8) is 0 Å². The van der Waals surface area contributed by atoms with Gasteiger partial charge in [0.2, 0.25) is 0 Å². The Morgan fingerprint density at radius 3 is 2.32 bits per heavy atom. The molecule has 0 atom stereocenters. The van der Waals surface area contributed by atoms with Crippen LogP contribution in [0.2, 0.25) is 0 Å². The van der Waals surface area contributed by atoms with Gasteiger partial charge in [0.25, 0.3) is 0 Å². The fourth-order valence-electron chi connectivity index (χ4n) is 1.94. The lowest BCUT2D eigenvalue weighted by atomic mass is 10.0. The van der Waals surface area contributed by atoms with Gasteiger partial charge in [-0.05, 0) is 30.0 Å². The van der Waals surface area contributed by atoms with Crippen LogP contribution < -0.4 is 0 Å². The van der Waals surface area contributed by atoms with Crippen molar-refractivity contribution < 1.29 is 9.90 Å². The number of unbranched alkanes of at least 4 members (excludes halogenated alkanes) is 1. The van der Waals surface area contributed by atoms with Crippen molar-refractivity contribution >= 4 is 5.97 Å². The molecule has 19 heavy (non-hydrogen) atoms. The predicted octanol–water partition coefficient (Wildman–Crippen LogP) is 3.79. The van der Waals surface area contributed by atoms with Crippen molar-refractivity contribution in [1.29, 1.82) is 0 Å². The molecule has 2 rings (SSSR count). The number of benzene rings is 1. The summed E-state index contributed by atoms with van der Waals surface area (Å²) >= 11 is 0. The molecule has 0 fully saturated rings. The summed E-state index contributed by atoms with van der Waals surface area (Å²) in [6.07, 6.45) is 5.11. The zero-order valence-corrected chi connectivity index (χ0v) is 11.0. The van der Waals surface area contributed by atoms with E-state index in [9.17, 15) is 4.79 Å². The number of aromatic carboxylic acids is 1. The molecule has 0 aliphatic carbocycles. The number of carboxylic acid groups (broad SMARTS) is 1. The first-order valence-corrected chi connectivity index (χ1v) is 6.49. The Balaban J connectivity index is 2.15. The molecule has 0 unspecified atom stereocenters. The summed E-state index contributed by atoms with van der Waals surface area (Å²) in [7, 11) is 0. The Hall–Kier alpha value is -2.16. The summed E-state index contributed by atoms with van der Waals surface area (Å²) in [5.74, 6) is -0.999. The molecule has 0 saturated carbocycles. The first-order valence-electron chi connectivity index (χ1n) is 6.49. The fraction of sp³-hybridized carbons (Fsp3) is 0.250. The summed E-state index contributed by atoms with van der Waals surface area (Å²) in [6, 6.07) is 11.7. The second-order valence-corrected chi connectivity index (χ2v) is 4.54. The average molecular weight is 255 g/mol. The number of aromatic nitrogens is 1. The molecule has 1 aromatic heterocycles. The van der Waals surface area contributed by atoms with Crippen LogP contribution in [-0.4, -0.2) is 16.1 Å². The Kier molecular flexibility index (Phi) is 4.29. The number of hydrogen-bond acceptors (Lipinski definition) is 2. The fourth-order valence-corrected chi connectivity index (χ4v) is 1.94. The lowest BCUT2D eigenvalue weighted by Crippen LogP contribution is -1.99. The van der Waals surface area contributed by atoms with Crippen LogP contribution in [0.1, 0.15) is 35.8 Å². The van der Waals surface area contributed by atoms with Gasteiger partial charge in [-0.2, -0.15) is 0 Å². The van der Waals surface area contributed by atoms with Crippen LogP contribution in [-0.2, 0) is 6.42 Å². The minimum atomic E-state index is -0.999. The van der Waals surface area contributed by atoms with Gasteiger partial charge in [-0.15, -0.1) is 0 Å². The molecule has 0 radical (unpaired) electrons. The van der Waals surface area contributed by atoms with Crippen molar-refractivity contribution in [2.24, 2.45) is 0 Å². The highest BCUT2D eigenvalue weighted by atomic mass is 16.4. The molecule has 1 N–H and O–H groups in total. The van der Waals surface area contributed by atoms with E-state index >= 15 is 0 Å². The van der Waals surface area contributed by atoms with Crippen molar-refractivity contribution in [1.82, 2.24) is 4.98 Å². The minimum absolute atomic E-state index is 0.0725. The minimum Gasteiger partial charge on any atom is -0.477 e. The molecule has 0 aliphatic rings. The Labute approximate surface area is 112 Å². The molecule has 1 heterocycles. The monoisotopic (exact) mass is 255 g/mol. The zero-order valence-electron chi connectivity index (χ0n) is 11.0. The average Bonchev–Trinajstić information content (AvgIpc) is 2.46. The van der Waals surface area contributed by atoms with E-state index in [0.29, 0.717) is 0 Å². The van der Waals surface area contributed by atoms with Gasteiger partial charge in [0.15, 0.2) is 0 Å². The smallest absolute Gasteiger partial charge is 0.354 e. The zero-order chi connectivity index (χ0) is 13.7. The van der Waals surface area contributed by atoms with E-state index in [2.05, 4.69) is 36.2 Å². The summed E-state index contributed by atoms with van der Waals surface area (Å²) in [5.41, 5.74) is 3.40. The maximum absolute atomic E-state index is 10.7. The van der Waals surface area contributed by atoms with Gasteiger partial charge in [0.1, 0.15) is 5.69 Å². The molecule has 98 valence electrons. The van der Waals surface area contributed by atoms with Gasteiger partial charge < -0.3 is 5.11 Å². The van der Waals surface area contributed by atoms with Crippen LogP contribution in [0.25, 0.3) is 11.1 Å². The topological polar surface area (TPSA) is 50.2 Å².